The standard InChI is InChI=1S/C29H37ClN6O5S/c1-18-15-20(18)17-36(14-8-12-24(37)38)23-16-22(25(30)27(32-23)35(2)42(3,39)40)28-33-34-29(41-28)26-21(11-7-13-31-26)19-9-5-4-6-10-19/h4-6,9-10,16,18,20-21,26,31H,7-8,11-15,17H2,1-3H3,(H,37,38)/t18-,20+,21?,26?/m0/s1. The Balaban J connectivity index is 1.54. The molecule has 2 aliphatic rings. The number of piperidine rings is 1. The highest BCUT2D eigenvalue weighted by molar-refractivity contribution is 7.92. The Morgan fingerprint density at radius 1 is 1.24 bits per heavy atom. The number of hydrogen-bond acceptors (Lipinski definition) is 9. The minimum absolute atomic E-state index is 0.0112. The van der Waals surface area contributed by atoms with Gasteiger partial charge in [0, 0.05) is 32.5 Å². The molecule has 42 heavy (non-hydrogen) atoms. The van der Waals surface area contributed by atoms with E-state index in [1.807, 2.05) is 23.1 Å². The summed E-state index contributed by atoms with van der Waals surface area (Å²) in [4.78, 5) is 17.9. The molecule has 0 bridgehead atoms. The van der Waals surface area contributed by atoms with E-state index in [0.717, 1.165) is 36.4 Å². The molecule has 11 nitrogen and oxygen atoms in total. The minimum Gasteiger partial charge on any atom is -0.481 e. The van der Waals surface area contributed by atoms with E-state index in [9.17, 15) is 18.3 Å². The van der Waals surface area contributed by atoms with Gasteiger partial charge in [0.2, 0.25) is 21.8 Å². The molecule has 0 radical (unpaired) electrons. The predicted molar refractivity (Wildman–Crippen MR) is 161 cm³/mol. The Labute approximate surface area is 251 Å². The first-order chi connectivity index (χ1) is 20.0. The molecule has 13 heteroatoms. The van der Waals surface area contributed by atoms with Crippen molar-refractivity contribution in [1.82, 2.24) is 20.5 Å². The van der Waals surface area contributed by atoms with E-state index >= 15 is 0 Å². The van der Waals surface area contributed by atoms with Crippen molar-refractivity contribution < 1.29 is 22.7 Å². The van der Waals surface area contributed by atoms with Gasteiger partial charge in [-0.2, -0.15) is 0 Å². The molecule has 1 saturated carbocycles. The number of carboxylic acids is 1. The van der Waals surface area contributed by atoms with Crippen LogP contribution in [0.1, 0.15) is 62.4 Å². The van der Waals surface area contributed by atoms with E-state index in [1.165, 1.54) is 12.6 Å². The van der Waals surface area contributed by atoms with Crippen molar-refractivity contribution in [3.05, 3.63) is 52.9 Å². The zero-order valence-corrected chi connectivity index (χ0v) is 25.6. The first-order valence-corrected chi connectivity index (χ1v) is 16.5. The lowest BCUT2D eigenvalue weighted by molar-refractivity contribution is -0.137. The Morgan fingerprint density at radius 2 is 1.98 bits per heavy atom. The lowest BCUT2D eigenvalue weighted by Crippen LogP contribution is -2.33. The molecule has 4 atom stereocenters. The molecule has 5 rings (SSSR count). The summed E-state index contributed by atoms with van der Waals surface area (Å²) < 4.78 is 32.4. The number of carboxylic acid groups (broad SMARTS) is 1. The number of nitrogens with zero attached hydrogens (tertiary/aromatic N) is 5. The fraction of sp³-hybridized carbons (Fsp3) is 0.517. The second-order valence-corrected chi connectivity index (χ2v) is 13.7. The van der Waals surface area contributed by atoms with Gasteiger partial charge in [0.05, 0.1) is 22.9 Å². The molecule has 1 saturated heterocycles. The molecule has 1 aromatic carbocycles. The van der Waals surface area contributed by atoms with Crippen molar-refractivity contribution in [2.75, 3.05) is 42.1 Å². The molecule has 1 aliphatic heterocycles. The van der Waals surface area contributed by atoms with Crippen LogP contribution in [0.25, 0.3) is 11.5 Å². The second-order valence-electron chi connectivity index (χ2n) is 11.3. The third-order valence-electron chi connectivity index (χ3n) is 8.22. The van der Waals surface area contributed by atoms with Crippen molar-refractivity contribution in [3.63, 3.8) is 0 Å². The highest BCUT2D eigenvalue weighted by Crippen LogP contribution is 2.42. The number of carbonyl (C=O) groups is 1. The molecule has 226 valence electrons. The van der Waals surface area contributed by atoms with Gasteiger partial charge in [-0.25, -0.2) is 13.4 Å². The van der Waals surface area contributed by atoms with Crippen LogP contribution in [0.4, 0.5) is 11.6 Å². The van der Waals surface area contributed by atoms with Crippen molar-refractivity contribution >= 4 is 39.2 Å². The van der Waals surface area contributed by atoms with Crippen molar-refractivity contribution in [2.45, 2.75) is 51.0 Å². The highest BCUT2D eigenvalue weighted by atomic mass is 35.5. The van der Waals surface area contributed by atoms with Gasteiger partial charge < -0.3 is 19.7 Å². The number of hydrogen-bond donors (Lipinski definition) is 2. The smallest absolute Gasteiger partial charge is 0.303 e. The number of pyridine rings is 1. The first kappa shape index (κ1) is 30.2. The topological polar surface area (TPSA) is 142 Å². The first-order valence-electron chi connectivity index (χ1n) is 14.3. The molecule has 2 fully saturated rings. The summed E-state index contributed by atoms with van der Waals surface area (Å²) >= 11 is 6.82. The van der Waals surface area contributed by atoms with Crippen LogP contribution in [0.5, 0.6) is 0 Å². The van der Waals surface area contributed by atoms with Crippen molar-refractivity contribution in [2.24, 2.45) is 11.8 Å². The summed E-state index contributed by atoms with van der Waals surface area (Å²) in [6.07, 6.45) is 4.56. The second kappa shape index (κ2) is 12.6. The molecule has 3 aromatic rings. The maximum Gasteiger partial charge on any atom is 0.303 e. The van der Waals surface area contributed by atoms with Crippen LogP contribution in [0.2, 0.25) is 5.02 Å². The van der Waals surface area contributed by atoms with Gasteiger partial charge >= 0.3 is 5.97 Å². The zero-order chi connectivity index (χ0) is 30.0. The van der Waals surface area contributed by atoms with Crippen LogP contribution < -0.4 is 14.5 Å². The number of halogens is 1. The molecule has 3 heterocycles. The van der Waals surface area contributed by atoms with Gasteiger partial charge in [-0.1, -0.05) is 48.9 Å². The SMILES string of the molecule is C[C@H]1C[C@@H]1CN(CCCC(=O)O)c1cc(-c2nnc(C3NCCCC3c3ccccc3)o2)c(Cl)c(N(C)S(C)(=O)=O)n1. The number of benzene rings is 1. The van der Waals surface area contributed by atoms with Crippen LogP contribution in [-0.2, 0) is 14.8 Å². The van der Waals surface area contributed by atoms with Crippen LogP contribution in [0.3, 0.4) is 0 Å². The number of rotatable bonds is 12. The highest BCUT2D eigenvalue weighted by Gasteiger charge is 2.36. The van der Waals surface area contributed by atoms with E-state index < -0.39 is 16.0 Å². The van der Waals surface area contributed by atoms with E-state index in [1.54, 1.807) is 6.07 Å². The quantitative estimate of drug-likeness (QED) is 0.294. The monoisotopic (exact) mass is 616 g/mol. The number of anilines is 2. The average molecular weight is 617 g/mol. The molecule has 0 spiro atoms. The van der Waals surface area contributed by atoms with E-state index in [-0.39, 0.29) is 35.1 Å². The molecule has 0 amide bonds. The summed E-state index contributed by atoms with van der Waals surface area (Å²) in [6, 6.07) is 11.8. The Morgan fingerprint density at radius 3 is 2.64 bits per heavy atom. The van der Waals surface area contributed by atoms with Crippen molar-refractivity contribution in [1.29, 1.82) is 0 Å². The maximum absolute atomic E-state index is 12.6. The van der Waals surface area contributed by atoms with Gasteiger partial charge in [-0.05, 0) is 55.7 Å². The third-order valence-corrected chi connectivity index (χ3v) is 9.76. The van der Waals surface area contributed by atoms with Crippen LogP contribution in [0, 0.1) is 11.8 Å². The molecule has 2 aromatic heterocycles. The lowest BCUT2D eigenvalue weighted by atomic mass is 9.85. The summed E-state index contributed by atoms with van der Waals surface area (Å²) in [5, 5.41) is 21.6. The molecule has 2 unspecified atom stereocenters. The number of sulfonamides is 1. The largest absolute Gasteiger partial charge is 0.481 e. The van der Waals surface area contributed by atoms with Gasteiger partial charge in [-0.3, -0.25) is 9.10 Å². The van der Waals surface area contributed by atoms with Crippen LogP contribution in [-0.4, -0.2) is 67.6 Å². The van der Waals surface area contributed by atoms with Gasteiger partial charge in [0.25, 0.3) is 0 Å². The fourth-order valence-corrected chi connectivity index (χ4v) is 6.32. The number of aromatic nitrogens is 3. The summed E-state index contributed by atoms with van der Waals surface area (Å²) in [5.74, 6) is 1.36. The van der Waals surface area contributed by atoms with Gasteiger partial charge in [0.15, 0.2) is 5.82 Å². The minimum atomic E-state index is -3.70. The number of aliphatic carboxylic acids is 1. The Hall–Kier alpha value is -3.22. The van der Waals surface area contributed by atoms with Gasteiger partial charge in [0.1, 0.15) is 5.82 Å². The molecule has 2 N–H and O–H groups in total. The molecule has 1 aliphatic carbocycles. The Kier molecular flexibility index (Phi) is 9.05. The van der Waals surface area contributed by atoms with Crippen molar-refractivity contribution in [3.8, 4) is 11.5 Å². The fourth-order valence-electron chi connectivity index (χ4n) is 5.52. The van der Waals surface area contributed by atoms with E-state index in [4.69, 9.17) is 16.0 Å². The third kappa shape index (κ3) is 6.87. The normalized spacial score (nSPS) is 22.1. The maximum atomic E-state index is 12.6. The van der Waals surface area contributed by atoms with Crippen LogP contribution in [0.15, 0.2) is 40.8 Å². The summed E-state index contributed by atoms with van der Waals surface area (Å²) in [7, 11) is -2.31. The summed E-state index contributed by atoms with van der Waals surface area (Å²) in [6.45, 7) is 4.09. The molecular formula is C29H37ClN6O5S. The zero-order valence-electron chi connectivity index (χ0n) is 24.0. The number of nitrogens with one attached hydrogen (secondary N) is 1. The Bertz CT molecular complexity index is 1520. The van der Waals surface area contributed by atoms with Crippen LogP contribution >= 0.6 is 11.6 Å². The lowest BCUT2D eigenvalue weighted by Gasteiger charge is -2.30. The summed E-state index contributed by atoms with van der Waals surface area (Å²) in [5.41, 5.74) is 1.55. The van der Waals surface area contributed by atoms with E-state index in [2.05, 4.69) is 39.6 Å². The average Bonchev–Trinajstić information content (AvgIpc) is 3.44. The van der Waals surface area contributed by atoms with E-state index in [0.29, 0.717) is 48.6 Å². The molecular weight excluding hydrogens is 580 g/mol. The van der Waals surface area contributed by atoms with Gasteiger partial charge in [-0.15, -0.1) is 10.2 Å². The predicted octanol–water partition coefficient (Wildman–Crippen LogP) is 4.72.